The first-order valence-corrected chi connectivity index (χ1v) is 6.67. The Balaban J connectivity index is 1.99. The highest BCUT2D eigenvalue weighted by Gasteiger charge is 2.36. The minimum absolute atomic E-state index is 0.352. The van der Waals surface area contributed by atoms with Gasteiger partial charge in [-0.2, -0.15) is 0 Å². The minimum atomic E-state index is -0.567. The van der Waals surface area contributed by atoms with Crippen molar-refractivity contribution in [2.45, 2.75) is 6.54 Å². The van der Waals surface area contributed by atoms with E-state index in [1.807, 2.05) is 59.2 Å². The van der Waals surface area contributed by atoms with Crippen LogP contribution in [0, 0.1) is 0 Å². The van der Waals surface area contributed by atoms with Crippen molar-refractivity contribution >= 4 is 22.8 Å². The SMILES string of the molecule is O=C1OC(=O)c2c1c1ccccc1n2Cc1ccccc1. The predicted molar refractivity (Wildman–Crippen MR) is 77.2 cm³/mol. The molecule has 1 aliphatic rings. The van der Waals surface area contributed by atoms with Gasteiger partial charge in [-0.3, -0.25) is 0 Å². The van der Waals surface area contributed by atoms with Gasteiger partial charge < -0.3 is 9.30 Å². The van der Waals surface area contributed by atoms with Crippen molar-refractivity contribution in [2.24, 2.45) is 0 Å². The second-order valence-electron chi connectivity index (χ2n) is 4.99. The molecule has 0 saturated heterocycles. The molecule has 0 fully saturated rings. The Kier molecular flexibility index (Phi) is 2.44. The van der Waals surface area contributed by atoms with Crippen LogP contribution in [0.1, 0.15) is 26.4 Å². The lowest BCUT2D eigenvalue weighted by atomic mass is 10.1. The number of rotatable bonds is 2. The van der Waals surface area contributed by atoms with Crippen molar-refractivity contribution in [3.63, 3.8) is 0 Å². The van der Waals surface area contributed by atoms with Crippen LogP contribution in [0.2, 0.25) is 0 Å². The highest BCUT2D eigenvalue weighted by molar-refractivity contribution is 6.21. The van der Waals surface area contributed by atoms with E-state index in [-0.39, 0.29) is 0 Å². The number of hydrogen-bond donors (Lipinski definition) is 0. The third-order valence-corrected chi connectivity index (χ3v) is 3.74. The lowest BCUT2D eigenvalue weighted by Crippen LogP contribution is -2.09. The summed E-state index contributed by atoms with van der Waals surface area (Å²) in [6.45, 7) is 0.527. The summed E-state index contributed by atoms with van der Waals surface area (Å²) in [5, 5.41) is 0.763. The lowest BCUT2D eigenvalue weighted by molar-refractivity contribution is 0.0440. The first kappa shape index (κ1) is 11.9. The Morgan fingerprint density at radius 2 is 1.57 bits per heavy atom. The number of nitrogens with zero attached hydrogens (tertiary/aromatic N) is 1. The van der Waals surface area contributed by atoms with E-state index in [0.29, 0.717) is 17.8 Å². The molecule has 1 aliphatic heterocycles. The zero-order valence-corrected chi connectivity index (χ0v) is 11.1. The van der Waals surface area contributed by atoms with Crippen LogP contribution in [0.3, 0.4) is 0 Å². The maximum atomic E-state index is 12.0. The van der Waals surface area contributed by atoms with Gasteiger partial charge in [-0.05, 0) is 11.6 Å². The molecule has 0 amide bonds. The summed E-state index contributed by atoms with van der Waals surface area (Å²) >= 11 is 0. The molecule has 102 valence electrons. The number of benzene rings is 2. The van der Waals surface area contributed by atoms with Gasteiger partial charge in [0.1, 0.15) is 11.3 Å². The molecule has 4 rings (SSSR count). The number of cyclic esters (lactones) is 2. The molecule has 21 heavy (non-hydrogen) atoms. The second kappa shape index (κ2) is 4.31. The van der Waals surface area contributed by atoms with E-state index in [1.54, 1.807) is 0 Å². The van der Waals surface area contributed by atoms with Crippen molar-refractivity contribution in [3.8, 4) is 0 Å². The Bertz CT molecular complexity index is 878. The van der Waals surface area contributed by atoms with E-state index in [2.05, 4.69) is 0 Å². The first-order valence-electron chi connectivity index (χ1n) is 6.67. The summed E-state index contributed by atoms with van der Waals surface area (Å²) in [5.74, 6) is -1.12. The van der Waals surface area contributed by atoms with E-state index in [0.717, 1.165) is 16.5 Å². The molecular weight excluding hydrogens is 266 g/mol. The van der Waals surface area contributed by atoms with Crippen LogP contribution < -0.4 is 0 Å². The fourth-order valence-electron chi connectivity index (χ4n) is 2.84. The zero-order valence-electron chi connectivity index (χ0n) is 11.1. The van der Waals surface area contributed by atoms with Crippen LogP contribution in [0.25, 0.3) is 10.9 Å². The Morgan fingerprint density at radius 1 is 0.857 bits per heavy atom. The summed E-state index contributed by atoms with van der Waals surface area (Å²) in [6.07, 6.45) is 0. The molecule has 1 aromatic heterocycles. The van der Waals surface area contributed by atoms with E-state index < -0.39 is 11.9 Å². The highest BCUT2D eigenvalue weighted by atomic mass is 16.6. The average Bonchev–Trinajstić information content (AvgIpc) is 2.98. The lowest BCUT2D eigenvalue weighted by Gasteiger charge is -2.08. The van der Waals surface area contributed by atoms with E-state index >= 15 is 0 Å². The van der Waals surface area contributed by atoms with Gasteiger partial charge in [-0.25, -0.2) is 9.59 Å². The first-order chi connectivity index (χ1) is 10.3. The molecule has 2 heterocycles. The van der Waals surface area contributed by atoms with Crippen molar-refractivity contribution in [2.75, 3.05) is 0 Å². The number of hydrogen-bond acceptors (Lipinski definition) is 3. The number of para-hydroxylation sites is 1. The van der Waals surface area contributed by atoms with Crippen molar-refractivity contribution in [1.82, 2.24) is 4.57 Å². The number of fused-ring (bicyclic) bond motifs is 3. The molecule has 2 aromatic carbocycles. The van der Waals surface area contributed by atoms with Gasteiger partial charge >= 0.3 is 11.9 Å². The normalized spacial score (nSPS) is 13.5. The number of esters is 2. The Hall–Kier alpha value is -2.88. The van der Waals surface area contributed by atoms with Crippen LogP contribution >= 0.6 is 0 Å². The minimum Gasteiger partial charge on any atom is -0.384 e. The van der Waals surface area contributed by atoms with E-state index in [4.69, 9.17) is 4.74 Å². The zero-order chi connectivity index (χ0) is 14.4. The molecule has 0 saturated carbocycles. The van der Waals surface area contributed by atoms with Crippen LogP contribution in [0.15, 0.2) is 54.6 Å². The van der Waals surface area contributed by atoms with Crippen LogP contribution in [-0.4, -0.2) is 16.5 Å². The summed E-state index contributed by atoms with van der Waals surface area (Å²) in [6, 6.07) is 17.3. The smallest absolute Gasteiger partial charge is 0.363 e. The number of carbonyl (C=O) groups is 2. The molecule has 0 spiro atoms. The fourth-order valence-corrected chi connectivity index (χ4v) is 2.84. The number of carbonyl (C=O) groups excluding carboxylic acids is 2. The number of aromatic nitrogens is 1. The van der Waals surface area contributed by atoms with Gasteiger partial charge in [0, 0.05) is 17.4 Å². The van der Waals surface area contributed by atoms with Gasteiger partial charge in [0.25, 0.3) is 0 Å². The van der Waals surface area contributed by atoms with Crippen molar-refractivity contribution < 1.29 is 14.3 Å². The summed E-state index contributed by atoms with van der Waals surface area (Å²) in [5.41, 5.74) is 2.67. The maximum Gasteiger partial charge on any atom is 0.363 e. The van der Waals surface area contributed by atoms with Crippen LogP contribution in [0.4, 0.5) is 0 Å². The van der Waals surface area contributed by atoms with Crippen LogP contribution in [0.5, 0.6) is 0 Å². The molecule has 4 nitrogen and oxygen atoms in total. The third-order valence-electron chi connectivity index (χ3n) is 3.74. The summed E-state index contributed by atoms with van der Waals surface area (Å²) < 4.78 is 6.61. The number of ether oxygens (including phenoxy) is 1. The van der Waals surface area contributed by atoms with Gasteiger partial charge in [0.05, 0.1) is 0 Å². The average molecular weight is 277 g/mol. The van der Waals surface area contributed by atoms with E-state index in [1.165, 1.54) is 0 Å². The maximum absolute atomic E-state index is 12.0. The van der Waals surface area contributed by atoms with E-state index in [9.17, 15) is 9.59 Å². The van der Waals surface area contributed by atoms with Gasteiger partial charge in [0.15, 0.2) is 0 Å². The third kappa shape index (κ3) is 1.69. The van der Waals surface area contributed by atoms with Crippen LogP contribution in [-0.2, 0) is 11.3 Å². The molecule has 0 N–H and O–H groups in total. The molecule has 0 bridgehead atoms. The highest BCUT2D eigenvalue weighted by Crippen LogP contribution is 2.32. The molecule has 4 heteroatoms. The quantitative estimate of drug-likeness (QED) is 0.534. The van der Waals surface area contributed by atoms with Gasteiger partial charge in [-0.15, -0.1) is 0 Å². The standard InChI is InChI=1S/C17H11NO3/c19-16-14-12-8-4-5-9-13(12)18(15(14)17(20)21-16)10-11-6-2-1-3-7-11/h1-9H,10H2. The second-order valence-corrected chi connectivity index (χ2v) is 4.99. The van der Waals surface area contributed by atoms with Crippen molar-refractivity contribution in [1.29, 1.82) is 0 Å². The molecule has 3 aromatic rings. The monoisotopic (exact) mass is 277 g/mol. The molecule has 0 atom stereocenters. The molecular formula is C17H11NO3. The molecule has 0 aliphatic carbocycles. The van der Waals surface area contributed by atoms with Gasteiger partial charge in [-0.1, -0.05) is 48.5 Å². The Morgan fingerprint density at radius 3 is 2.38 bits per heavy atom. The molecule has 0 unspecified atom stereocenters. The van der Waals surface area contributed by atoms with Gasteiger partial charge in [0.2, 0.25) is 0 Å². The summed E-state index contributed by atoms with van der Waals surface area (Å²) in [4.78, 5) is 23.9. The largest absolute Gasteiger partial charge is 0.384 e. The predicted octanol–water partition coefficient (Wildman–Crippen LogP) is 3.00. The molecule has 0 radical (unpaired) electrons. The summed E-state index contributed by atoms with van der Waals surface area (Å²) in [7, 11) is 0. The topological polar surface area (TPSA) is 48.3 Å². The fraction of sp³-hybridized carbons (Fsp3) is 0.0588. The van der Waals surface area contributed by atoms with Crippen molar-refractivity contribution in [3.05, 3.63) is 71.4 Å². The Labute approximate surface area is 120 Å².